The maximum absolute atomic E-state index is 11.8. The van der Waals surface area contributed by atoms with Crippen LogP contribution in [-0.4, -0.2) is 16.5 Å². The molecule has 4 nitrogen and oxygen atoms in total. The van der Waals surface area contributed by atoms with Crippen molar-refractivity contribution in [3.8, 4) is 12.3 Å². The van der Waals surface area contributed by atoms with E-state index >= 15 is 0 Å². The normalized spacial score (nSPS) is 16.7. The van der Waals surface area contributed by atoms with Crippen LogP contribution in [0.15, 0.2) is 42.6 Å². The number of benzene rings is 1. The molecule has 22 heavy (non-hydrogen) atoms. The van der Waals surface area contributed by atoms with Crippen molar-refractivity contribution in [3.63, 3.8) is 0 Å². The van der Waals surface area contributed by atoms with E-state index < -0.39 is 5.91 Å². The molecule has 0 saturated heterocycles. The highest BCUT2D eigenvalue weighted by atomic mass is 16.1. The van der Waals surface area contributed by atoms with Crippen molar-refractivity contribution in [1.29, 1.82) is 0 Å². The predicted octanol–water partition coefficient (Wildman–Crippen LogP) is 2.97. The van der Waals surface area contributed by atoms with Crippen LogP contribution in [0.4, 0.5) is 11.5 Å². The number of allylic oxidation sites excluding steroid dienone is 1. The Kier molecular flexibility index (Phi) is 3.26. The summed E-state index contributed by atoms with van der Waals surface area (Å²) in [6.07, 6.45) is 9.43. The Balaban J connectivity index is 2.18. The van der Waals surface area contributed by atoms with Crippen LogP contribution in [-0.2, 0) is 0 Å². The molecule has 1 atom stereocenters. The minimum Gasteiger partial charge on any atom is -0.365 e. The monoisotopic (exact) mass is 291 g/mol. The maximum Gasteiger partial charge on any atom is 0.252 e. The van der Waals surface area contributed by atoms with Crippen LogP contribution in [0.3, 0.4) is 0 Å². The quantitative estimate of drug-likeness (QED) is 0.865. The molecule has 0 saturated carbocycles. The molecule has 2 aromatic rings. The van der Waals surface area contributed by atoms with Crippen LogP contribution in [0.1, 0.15) is 29.8 Å². The van der Waals surface area contributed by atoms with Gasteiger partial charge in [-0.1, -0.05) is 5.92 Å². The molecule has 1 aliphatic heterocycles. The highest BCUT2D eigenvalue weighted by Crippen LogP contribution is 2.37. The van der Waals surface area contributed by atoms with Gasteiger partial charge in [0, 0.05) is 23.1 Å². The molecular weight excluding hydrogens is 274 g/mol. The highest BCUT2D eigenvalue weighted by Gasteiger charge is 2.28. The summed E-state index contributed by atoms with van der Waals surface area (Å²) < 4.78 is 1.98. The minimum atomic E-state index is -0.430. The Labute approximate surface area is 129 Å². The number of amides is 1. The lowest BCUT2D eigenvalue weighted by Gasteiger charge is -2.35. The molecule has 2 heterocycles. The van der Waals surface area contributed by atoms with E-state index in [1.165, 1.54) is 0 Å². The predicted molar refractivity (Wildman–Crippen MR) is 88.9 cm³/mol. The second-order valence-electron chi connectivity index (χ2n) is 5.40. The van der Waals surface area contributed by atoms with Crippen molar-refractivity contribution in [2.75, 3.05) is 4.90 Å². The lowest BCUT2D eigenvalue weighted by Crippen LogP contribution is -2.33. The molecule has 0 aliphatic carbocycles. The fraction of sp³-hybridized carbons (Fsp3) is 0.167. The molecule has 1 aromatic heterocycles. The highest BCUT2D eigenvalue weighted by molar-refractivity contribution is 6.00. The van der Waals surface area contributed by atoms with E-state index in [0.717, 1.165) is 22.8 Å². The number of fused-ring (bicyclic) bond motifs is 1. The Morgan fingerprint density at radius 2 is 1.95 bits per heavy atom. The third-order valence-corrected chi connectivity index (χ3v) is 3.93. The van der Waals surface area contributed by atoms with Gasteiger partial charge in [-0.15, -0.1) is 6.42 Å². The summed E-state index contributed by atoms with van der Waals surface area (Å²) in [6.45, 7) is 4.10. The van der Waals surface area contributed by atoms with Crippen molar-refractivity contribution < 1.29 is 4.79 Å². The van der Waals surface area contributed by atoms with Crippen molar-refractivity contribution >= 4 is 23.1 Å². The molecule has 2 N–H and O–H groups in total. The maximum atomic E-state index is 11.8. The van der Waals surface area contributed by atoms with Crippen LogP contribution >= 0.6 is 0 Å². The summed E-state index contributed by atoms with van der Waals surface area (Å²) in [5.41, 5.74) is 8.92. The molecule has 1 aliphatic rings. The zero-order valence-corrected chi connectivity index (χ0v) is 12.6. The zero-order valence-electron chi connectivity index (χ0n) is 12.6. The molecule has 110 valence electrons. The van der Waals surface area contributed by atoms with Gasteiger partial charge in [0.15, 0.2) is 0 Å². The van der Waals surface area contributed by atoms with E-state index in [9.17, 15) is 4.79 Å². The summed E-state index contributed by atoms with van der Waals surface area (Å²) in [4.78, 5) is 13.9. The molecule has 1 unspecified atom stereocenters. The SMILES string of the molecule is C#Cc1ccc(N2c3c(C(N)=O)ccn3C(C)=CC2C)cc1. The minimum absolute atomic E-state index is 0.109. The topological polar surface area (TPSA) is 51.3 Å². The van der Waals surface area contributed by atoms with Gasteiger partial charge in [0.05, 0.1) is 11.6 Å². The number of hydrogen-bond donors (Lipinski definition) is 1. The molecule has 1 aromatic carbocycles. The number of primary amides is 1. The number of carbonyl (C=O) groups is 1. The number of rotatable bonds is 2. The molecule has 1 amide bonds. The summed E-state index contributed by atoms with van der Waals surface area (Å²) in [7, 11) is 0. The molecular formula is C18H17N3O. The van der Waals surface area contributed by atoms with Crippen molar-refractivity contribution in [1.82, 2.24) is 4.57 Å². The summed E-state index contributed by atoms with van der Waals surface area (Å²) in [5, 5.41) is 0. The van der Waals surface area contributed by atoms with E-state index in [2.05, 4.69) is 23.8 Å². The van der Waals surface area contributed by atoms with Crippen LogP contribution in [0.2, 0.25) is 0 Å². The number of hydrogen-bond acceptors (Lipinski definition) is 2. The van der Waals surface area contributed by atoms with Gasteiger partial charge in [-0.05, 0) is 50.3 Å². The summed E-state index contributed by atoms with van der Waals surface area (Å²) in [6, 6.07) is 9.58. The van der Waals surface area contributed by atoms with Gasteiger partial charge in [0.25, 0.3) is 5.91 Å². The van der Waals surface area contributed by atoms with Gasteiger partial charge in [-0.25, -0.2) is 0 Å². The average molecular weight is 291 g/mol. The zero-order chi connectivity index (χ0) is 15.9. The van der Waals surface area contributed by atoms with Gasteiger partial charge < -0.3 is 15.2 Å². The number of anilines is 2. The van der Waals surface area contributed by atoms with Crippen molar-refractivity contribution in [2.45, 2.75) is 19.9 Å². The van der Waals surface area contributed by atoms with Gasteiger partial charge in [-0.2, -0.15) is 0 Å². The van der Waals surface area contributed by atoms with E-state index in [0.29, 0.717) is 5.56 Å². The first kappa shape index (κ1) is 14.0. The molecule has 0 radical (unpaired) electrons. The molecule has 3 rings (SSSR count). The average Bonchev–Trinajstić information content (AvgIpc) is 2.93. The lowest BCUT2D eigenvalue weighted by molar-refractivity contribution is 0.100. The van der Waals surface area contributed by atoms with E-state index in [-0.39, 0.29) is 6.04 Å². The van der Waals surface area contributed by atoms with Crippen LogP contribution in [0.5, 0.6) is 0 Å². The first-order chi connectivity index (χ1) is 10.5. The third-order valence-electron chi connectivity index (χ3n) is 3.93. The van der Waals surface area contributed by atoms with E-state index in [4.69, 9.17) is 12.2 Å². The fourth-order valence-electron chi connectivity index (χ4n) is 2.92. The number of aromatic nitrogens is 1. The van der Waals surface area contributed by atoms with Gasteiger partial charge >= 0.3 is 0 Å². The molecule has 0 bridgehead atoms. The third kappa shape index (κ3) is 2.08. The first-order valence-corrected chi connectivity index (χ1v) is 7.09. The molecule has 0 spiro atoms. The Morgan fingerprint density at radius 3 is 2.55 bits per heavy atom. The number of carbonyl (C=O) groups excluding carboxylic acids is 1. The smallest absolute Gasteiger partial charge is 0.252 e. The molecule has 0 fully saturated rings. The summed E-state index contributed by atoms with van der Waals surface area (Å²) >= 11 is 0. The second kappa shape index (κ2) is 5.12. The number of terminal acetylenes is 1. The van der Waals surface area contributed by atoms with Gasteiger partial charge in [0.1, 0.15) is 5.82 Å². The van der Waals surface area contributed by atoms with Crippen LogP contribution in [0.25, 0.3) is 5.70 Å². The second-order valence-corrected chi connectivity index (χ2v) is 5.40. The van der Waals surface area contributed by atoms with Crippen LogP contribution < -0.4 is 10.6 Å². The summed E-state index contributed by atoms with van der Waals surface area (Å²) in [5.74, 6) is 2.98. The van der Waals surface area contributed by atoms with Gasteiger partial charge in [0.2, 0.25) is 0 Å². The first-order valence-electron chi connectivity index (χ1n) is 7.09. The molecule has 4 heteroatoms. The fourth-order valence-corrected chi connectivity index (χ4v) is 2.92. The number of nitrogens with zero attached hydrogens (tertiary/aromatic N) is 2. The van der Waals surface area contributed by atoms with E-state index in [1.54, 1.807) is 6.07 Å². The lowest BCUT2D eigenvalue weighted by atomic mass is 10.1. The Bertz CT molecular complexity index is 806. The van der Waals surface area contributed by atoms with Gasteiger partial charge in [-0.3, -0.25) is 4.79 Å². The van der Waals surface area contributed by atoms with Crippen molar-refractivity contribution in [3.05, 3.63) is 53.7 Å². The Morgan fingerprint density at radius 1 is 1.27 bits per heavy atom. The Hall–Kier alpha value is -2.93. The van der Waals surface area contributed by atoms with E-state index in [1.807, 2.05) is 42.0 Å². The van der Waals surface area contributed by atoms with Crippen molar-refractivity contribution in [2.24, 2.45) is 5.73 Å². The van der Waals surface area contributed by atoms with Crippen LogP contribution in [0, 0.1) is 12.3 Å². The standard InChI is InChI=1S/C18H17N3O/c1-4-14-5-7-15(8-6-14)21-13(3)11-12(2)20-10-9-16(17(19)22)18(20)21/h1,5-11,13H,2-3H3,(H2,19,22). The number of nitrogens with two attached hydrogens (primary N) is 1. The largest absolute Gasteiger partial charge is 0.365 e.